The molecule has 1 unspecified atom stereocenters. The molecule has 2 aromatic rings. The van der Waals surface area contributed by atoms with Crippen LogP contribution >= 0.6 is 23.2 Å². The fraction of sp³-hybridized carbons (Fsp3) is 0.235. The van der Waals surface area contributed by atoms with Crippen LogP contribution in [0.25, 0.3) is 0 Å². The summed E-state index contributed by atoms with van der Waals surface area (Å²) in [6.07, 6.45) is -4.54. The quantitative estimate of drug-likeness (QED) is 0.624. The fourth-order valence-electron chi connectivity index (χ4n) is 2.00. The van der Waals surface area contributed by atoms with E-state index in [-0.39, 0.29) is 32.2 Å². The first-order valence-electron chi connectivity index (χ1n) is 7.64. The Kier molecular flexibility index (Phi) is 6.77. The minimum atomic E-state index is -4.54. The van der Waals surface area contributed by atoms with E-state index in [1.807, 2.05) is 0 Å². The van der Waals surface area contributed by atoms with E-state index >= 15 is 0 Å². The Labute approximate surface area is 166 Å². The van der Waals surface area contributed by atoms with E-state index in [2.05, 4.69) is 10.0 Å². The monoisotopic (exact) mass is 438 g/mol. The lowest BCUT2D eigenvalue weighted by Crippen LogP contribution is -2.19. The molecule has 2 aromatic carbocycles. The number of alkyl halides is 3. The lowest BCUT2D eigenvalue weighted by Gasteiger charge is -2.15. The second kappa shape index (κ2) is 8.50. The minimum absolute atomic E-state index is 0.00516. The molecule has 1 amide bonds. The molecule has 1 atom stereocenters. The highest BCUT2D eigenvalue weighted by Gasteiger charge is 2.31. The molecular weight excluding hydrogens is 424 g/mol. The molecule has 0 heterocycles. The summed E-state index contributed by atoms with van der Waals surface area (Å²) in [7, 11) is -1.44. The lowest BCUT2D eigenvalue weighted by molar-refractivity contribution is -0.137. The van der Waals surface area contributed by atoms with Crippen molar-refractivity contribution in [3.63, 3.8) is 0 Å². The number of carbonyl (C=O) groups is 1. The molecule has 0 bridgehead atoms. The van der Waals surface area contributed by atoms with Gasteiger partial charge < -0.3 is 10.0 Å². The van der Waals surface area contributed by atoms with Gasteiger partial charge in [-0.05, 0) is 50.2 Å². The van der Waals surface area contributed by atoms with Gasteiger partial charge in [0.05, 0.1) is 27.5 Å². The van der Waals surface area contributed by atoms with Crippen LogP contribution in [0.3, 0.4) is 0 Å². The molecular formula is C17H15Cl2F3N2O2S. The van der Waals surface area contributed by atoms with Crippen molar-refractivity contribution in [3.8, 4) is 0 Å². The molecule has 2 rings (SSSR count). The van der Waals surface area contributed by atoms with Crippen LogP contribution in [0.4, 0.5) is 24.5 Å². The Morgan fingerprint density at radius 2 is 1.70 bits per heavy atom. The molecule has 0 aromatic heterocycles. The van der Waals surface area contributed by atoms with Gasteiger partial charge in [0.15, 0.2) is 0 Å². The van der Waals surface area contributed by atoms with Gasteiger partial charge in [0.1, 0.15) is 11.0 Å². The molecule has 27 heavy (non-hydrogen) atoms. The highest BCUT2D eigenvalue weighted by Crippen LogP contribution is 2.34. The highest BCUT2D eigenvalue weighted by atomic mass is 35.5. The highest BCUT2D eigenvalue weighted by molar-refractivity contribution is 7.86. The van der Waals surface area contributed by atoms with Gasteiger partial charge in [-0.25, -0.2) is 4.21 Å². The van der Waals surface area contributed by atoms with Crippen LogP contribution in [0.2, 0.25) is 10.0 Å². The van der Waals surface area contributed by atoms with Crippen molar-refractivity contribution in [1.82, 2.24) is 0 Å². The topological polar surface area (TPSA) is 58.2 Å². The second-order valence-electron chi connectivity index (χ2n) is 5.78. The number of halogens is 5. The Balaban J connectivity index is 2.30. The molecule has 0 aliphatic carbocycles. The largest absolute Gasteiger partial charge is 0.416 e. The zero-order chi connectivity index (χ0) is 20.4. The number of nitrogens with one attached hydrogen (secondary N) is 2. The molecule has 0 aliphatic heterocycles. The van der Waals surface area contributed by atoms with E-state index in [9.17, 15) is 22.2 Å². The lowest BCUT2D eigenvalue weighted by atomic mass is 10.1. The normalized spacial score (nSPS) is 12.7. The van der Waals surface area contributed by atoms with E-state index in [0.29, 0.717) is 0 Å². The fourth-order valence-corrected chi connectivity index (χ4v) is 3.03. The number of carbonyl (C=O) groups excluding carboxylic acids is 1. The summed E-state index contributed by atoms with van der Waals surface area (Å²) in [5.41, 5.74) is -0.576. The number of benzene rings is 2. The summed E-state index contributed by atoms with van der Waals surface area (Å²) < 4.78 is 52.9. The maximum absolute atomic E-state index is 12.7. The summed E-state index contributed by atoms with van der Waals surface area (Å²) in [4.78, 5) is 12.6. The van der Waals surface area contributed by atoms with Crippen LogP contribution in [-0.2, 0) is 17.2 Å². The predicted molar refractivity (Wildman–Crippen MR) is 103 cm³/mol. The van der Waals surface area contributed by atoms with Gasteiger partial charge in [0.25, 0.3) is 5.91 Å². The van der Waals surface area contributed by atoms with Crippen LogP contribution in [0, 0.1) is 0 Å². The van der Waals surface area contributed by atoms with Gasteiger partial charge >= 0.3 is 6.18 Å². The first-order chi connectivity index (χ1) is 12.5. The smallest absolute Gasteiger partial charge is 0.321 e. The third kappa shape index (κ3) is 5.60. The van der Waals surface area contributed by atoms with E-state index in [0.717, 1.165) is 18.2 Å². The maximum atomic E-state index is 12.7. The van der Waals surface area contributed by atoms with Crippen molar-refractivity contribution in [2.75, 3.05) is 10.0 Å². The van der Waals surface area contributed by atoms with Gasteiger partial charge in [0, 0.05) is 10.3 Å². The van der Waals surface area contributed by atoms with Gasteiger partial charge in [-0.2, -0.15) is 13.2 Å². The van der Waals surface area contributed by atoms with Crippen LogP contribution in [0.1, 0.15) is 29.8 Å². The maximum Gasteiger partial charge on any atom is 0.416 e. The Hall–Kier alpha value is -1.77. The average molecular weight is 439 g/mol. The average Bonchev–Trinajstić information content (AvgIpc) is 2.57. The molecule has 0 spiro atoms. The third-order valence-corrected chi connectivity index (χ3v) is 5.23. The van der Waals surface area contributed by atoms with Crippen molar-refractivity contribution in [3.05, 3.63) is 57.6 Å². The molecule has 0 radical (unpaired) electrons. The number of amides is 1. The van der Waals surface area contributed by atoms with Gasteiger partial charge in [-0.3, -0.25) is 4.79 Å². The van der Waals surface area contributed by atoms with Crippen molar-refractivity contribution < 1.29 is 22.2 Å². The third-order valence-electron chi connectivity index (χ3n) is 3.41. The Morgan fingerprint density at radius 1 is 1.07 bits per heavy atom. The molecule has 0 aliphatic rings. The summed E-state index contributed by atoms with van der Waals surface area (Å²) >= 11 is 11.8. The SMILES string of the molecule is CC(C)S(=O)Nc1ccc(Cl)cc1C(=O)Nc1ccc(C(F)(F)F)cc1Cl. The molecule has 4 nitrogen and oxygen atoms in total. The van der Waals surface area contributed by atoms with Gasteiger partial charge in [-0.15, -0.1) is 0 Å². The van der Waals surface area contributed by atoms with E-state index in [1.165, 1.54) is 18.2 Å². The van der Waals surface area contributed by atoms with Crippen LogP contribution in [0.15, 0.2) is 36.4 Å². The Morgan fingerprint density at radius 3 is 2.26 bits per heavy atom. The summed E-state index contributed by atoms with van der Waals surface area (Å²) in [6, 6.07) is 6.96. The van der Waals surface area contributed by atoms with Gasteiger partial charge in [0.2, 0.25) is 0 Å². The van der Waals surface area contributed by atoms with Crippen molar-refractivity contribution >= 4 is 51.5 Å². The van der Waals surface area contributed by atoms with Gasteiger partial charge in [-0.1, -0.05) is 23.2 Å². The molecule has 0 saturated carbocycles. The van der Waals surface area contributed by atoms with E-state index in [1.54, 1.807) is 13.8 Å². The second-order valence-corrected chi connectivity index (χ2v) is 8.37. The molecule has 10 heteroatoms. The van der Waals surface area contributed by atoms with E-state index < -0.39 is 28.6 Å². The zero-order valence-corrected chi connectivity index (χ0v) is 16.5. The zero-order valence-electron chi connectivity index (χ0n) is 14.2. The molecule has 146 valence electrons. The van der Waals surface area contributed by atoms with Crippen LogP contribution in [-0.4, -0.2) is 15.4 Å². The molecule has 0 fully saturated rings. The van der Waals surface area contributed by atoms with E-state index in [4.69, 9.17) is 23.2 Å². The first-order valence-corrected chi connectivity index (χ1v) is 9.61. The number of hydrogen-bond acceptors (Lipinski definition) is 2. The first kappa shape index (κ1) is 21.5. The van der Waals surface area contributed by atoms with Crippen molar-refractivity contribution in [2.24, 2.45) is 0 Å². The standard InChI is InChI=1S/C17H15Cl2F3N2O2S/c1-9(2)27(26)24-14-6-4-11(18)8-12(14)16(25)23-15-5-3-10(7-13(15)19)17(20,21)22/h3-9,24H,1-2H3,(H,23,25). The van der Waals surface area contributed by atoms with Crippen molar-refractivity contribution in [1.29, 1.82) is 0 Å². The van der Waals surface area contributed by atoms with Crippen LogP contribution < -0.4 is 10.0 Å². The van der Waals surface area contributed by atoms with Crippen molar-refractivity contribution in [2.45, 2.75) is 25.3 Å². The minimum Gasteiger partial charge on any atom is -0.321 e. The number of rotatable bonds is 5. The Bertz CT molecular complexity index is 889. The number of hydrogen-bond donors (Lipinski definition) is 2. The summed E-state index contributed by atoms with van der Waals surface area (Å²) in [6.45, 7) is 3.47. The summed E-state index contributed by atoms with van der Waals surface area (Å²) in [5.74, 6) is -0.664. The van der Waals surface area contributed by atoms with Crippen LogP contribution in [0.5, 0.6) is 0 Å². The molecule has 0 saturated heterocycles. The number of anilines is 2. The summed E-state index contributed by atoms with van der Waals surface area (Å²) in [5, 5.41) is 2.23. The molecule has 2 N–H and O–H groups in total. The predicted octanol–water partition coefficient (Wildman–Crippen LogP) is 5.75.